The lowest BCUT2D eigenvalue weighted by molar-refractivity contribution is 0.451. The van der Waals surface area contributed by atoms with Gasteiger partial charge in [-0.1, -0.05) is 47.5 Å². The lowest BCUT2D eigenvalue weighted by Crippen LogP contribution is -2.22. The Morgan fingerprint density at radius 3 is 1.45 bits per heavy atom. The second kappa shape index (κ2) is 10.3. The molecule has 0 radical (unpaired) electrons. The second-order valence-electron chi connectivity index (χ2n) is 9.35. The minimum atomic E-state index is 0.134. The maximum absolute atomic E-state index is 10.0. The minimum absolute atomic E-state index is 0.134. The third-order valence-electron chi connectivity index (χ3n) is 6.60. The molecule has 5 aromatic rings. The fourth-order valence-corrected chi connectivity index (χ4v) is 4.98. The molecule has 10 heteroatoms. The van der Waals surface area contributed by atoms with Crippen LogP contribution in [0.15, 0.2) is 105 Å². The first-order chi connectivity index (χ1) is 20.4. The predicted molar refractivity (Wildman–Crippen MR) is 162 cm³/mol. The van der Waals surface area contributed by atoms with Gasteiger partial charge in [0.25, 0.3) is 0 Å². The Hall–Kier alpha value is -5.18. The van der Waals surface area contributed by atoms with Crippen LogP contribution in [-0.4, -0.2) is 22.6 Å². The Morgan fingerprint density at radius 1 is 0.595 bits per heavy atom. The molecule has 2 N–H and O–H groups in total. The molecule has 204 valence electrons. The summed E-state index contributed by atoms with van der Waals surface area (Å²) in [6.07, 6.45) is 3.14. The number of hydrogen-bond acceptors (Lipinski definition) is 8. The van der Waals surface area contributed by atoms with Gasteiger partial charge >= 0.3 is 0 Å². The first-order valence-electron chi connectivity index (χ1n) is 12.7. The molecule has 0 aliphatic carbocycles. The zero-order chi connectivity index (χ0) is 28.8. The maximum Gasteiger partial charge on any atom is 0.175 e. The van der Waals surface area contributed by atoms with Crippen molar-refractivity contribution >= 4 is 58.4 Å². The van der Waals surface area contributed by atoms with Crippen LogP contribution in [0.4, 0.5) is 22.7 Å². The molecular formula is C32H18Cl2N4O4. The van der Waals surface area contributed by atoms with Crippen LogP contribution in [0.3, 0.4) is 0 Å². The summed E-state index contributed by atoms with van der Waals surface area (Å²) >= 11 is 13.6. The molecule has 0 amide bonds. The second-order valence-corrected chi connectivity index (χ2v) is 10.1. The van der Waals surface area contributed by atoms with Crippen molar-refractivity contribution in [1.29, 1.82) is 0 Å². The summed E-state index contributed by atoms with van der Waals surface area (Å²) < 4.78 is 12.3. The van der Waals surface area contributed by atoms with Gasteiger partial charge in [0.2, 0.25) is 0 Å². The first-order valence-corrected chi connectivity index (χ1v) is 13.5. The number of para-hydroxylation sites is 2. The highest BCUT2D eigenvalue weighted by Crippen LogP contribution is 2.44. The van der Waals surface area contributed by atoms with Crippen LogP contribution >= 0.6 is 23.2 Å². The van der Waals surface area contributed by atoms with Crippen LogP contribution in [-0.2, 0) is 0 Å². The van der Waals surface area contributed by atoms with E-state index in [2.05, 4.69) is 9.98 Å². The predicted octanol–water partition coefficient (Wildman–Crippen LogP) is 8.02. The van der Waals surface area contributed by atoms with Crippen LogP contribution < -0.4 is 20.2 Å². The van der Waals surface area contributed by atoms with Crippen LogP contribution in [0.1, 0.15) is 11.1 Å². The van der Waals surface area contributed by atoms with Gasteiger partial charge in [0, 0.05) is 35.7 Å². The van der Waals surface area contributed by atoms with E-state index < -0.39 is 0 Å². The third kappa shape index (κ3) is 4.62. The van der Waals surface area contributed by atoms with Gasteiger partial charge in [-0.15, -0.1) is 0 Å². The Balaban J connectivity index is 1.23. The molecule has 0 bridgehead atoms. The van der Waals surface area contributed by atoms with E-state index in [0.717, 1.165) is 0 Å². The fourth-order valence-electron chi connectivity index (χ4n) is 4.47. The van der Waals surface area contributed by atoms with Gasteiger partial charge in [-0.2, -0.15) is 0 Å². The van der Waals surface area contributed by atoms with Gasteiger partial charge in [0.1, 0.15) is 43.6 Å². The van der Waals surface area contributed by atoms with Gasteiger partial charge < -0.3 is 19.7 Å². The van der Waals surface area contributed by atoms with Gasteiger partial charge in [-0.05, 0) is 48.5 Å². The highest BCUT2D eigenvalue weighted by Gasteiger charge is 2.27. The van der Waals surface area contributed by atoms with Gasteiger partial charge in [0.05, 0.1) is 11.4 Å². The maximum atomic E-state index is 10.0. The Bertz CT molecular complexity index is 1960. The number of phenols is 2. The number of rotatable bonds is 4. The van der Waals surface area contributed by atoms with E-state index in [4.69, 9.17) is 42.7 Å². The lowest BCUT2D eigenvalue weighted by atomic mass is 10.2. The van der Waals surface area contributed by atoms with Crippen molar-refractivity contribution in [1.82, 2.24) is 0 Å². The van der Waals surface area contributed by atoms with Gasteiger partial charge in [-0.25, -0.2) is 9.98 Å². The monoisotopic (exact) mass is 592 g/mol. The molecule has 7 rings (SSSR count). The number of aliphatic imine (C=N–C) groups is 2. The summed E-state index contributed by atoms with van der Waals surface area (Å²) in [5.74, 6) is 1.67. The molecule has 0 unspecified atom stereocenters. The van der Waals surface area contributed by atoms with Crippen molar-refractivity contribution in [2.45, 2.75) is 0 Å². The number of ether oxygens (including phenoxy) is 2. The molecule has 0 aromatic heterocycles. The molecule has 2 aliphatic heterocycles. The molecule has 8 nitrogen and oxygen atoms in total. The standard InChI is InChI=1S/C32H18Cl2N4O4/c33-27-30-32(42-26-14-20(10-12-22(26)38-30)36-16-18-6-2-4-8-24(18)40)28(34)29-31(27)41-25-13-19(9-11-21(25)37-29)35-15-17-5-1-3-7-23(17)39/h1-16,39-40H. The first kappa shape index (κ1) is 25.8. The molecule has 5 aromatic carbocycles. The van der Waals surface area contributed by atoms with Gasteiger partial charge in [0.15, 0.2) is 23.0 Å². The molecule has 42 heavy (non-hydrogen) atoms. The lowest BCUT2D eigenvalue weighted by Gasteiger charge is -2.21. The Labute approximate surface area is 248 Å². The Morgan fingerprint density at radius 2 is 1.02 bits per heavy atom. The average Bonchev–Trinajstić information content (AvgIpc) is 3.01. The Kier molecular flexibility index (Phi) is 6.34. The van der Waals surface area contributed by atoms with E-state index in [1.807, 2.05) is 12.1 Å². The summed E-state index contributed by atoms with van der Waals surface area (Å²) in [6, 6.07) is 24.4. The number of halogens is 2. The zero-order valence-corrected chi connectivity index (χ0v) is 23.0. The molecule has 0 saturated carbocycles. The topological polar surface area (TPSA) is 108 Å². The SMILES string of the molecule is Oc1ccccc1C=Nc1ccc2c(c1)Oc1c(Cl)c3c(c(Cl)c1=N2)Oc1cc(N=Cc2ccccc2O)ccc1N=3. The van der Waals surface area contributed by atoms with Crippen LogP contribution in [0.25, 0.3) is 0 Å². The summed E-state index contributed by atoms with van der Waals surface area (Å²) in [5.41, 5.74) is 3.44. The highest BCUT2D eigenvalue weighted by molar-refractivity contribution is 6.35. The van der Waals surface area contributed by atoms with Crippen molar-refractivity contribution in [3.05, 3.63) is 117 Å². The van der Waals surface area contributed by atoms with Crippen molar-refractivity contribution in [2.75, 3.05) is 0 Å². The van der Waals surface area contributed by atoms with E-state index in [0.29, 0.717) is 56.1 Å². The van der Waals surface area contributed by atoms with E-state index in [1.54, 1.807) is 85.2 Å². The molecule has 0 saturated heterocycles. The summed E-state index contributed by atoms with van der Waals surface area (Å²) in [7, 11) is 0. The zero-order valence-electron chi connectivity index (χ0n) is 21.5. The van der Waals surface area contributed by atoms with E-state index in [-0.39, 0.29) is 33.0 Å². The van der Waals surface area contributed by atoms with Crippen molar-refractivity contribution in [3.8, 4) is 34.5 Å². The molecular weight excluding hydrogens is 575 g/mol. The number of benzene rings is 5. The molecule has 0 spiro atoms. The van der Waals surface area contributed by atoms with Gasteiger partial charge in [-0.3, -0.25) is 9.98 Å². The summed E-state index contributed by atoms with van der Waals surface area (Å²) in [6.45, 7) is 0. The number of aromatic hydroxyl groups is 2. The molecule has 2 aliphatic rings. The number of phenolic OH excluding ortho intramolecular Hbond substituents is 2. The van der Waals surface area contributed by atoms with Crippen LogP contribution in [0.2, 0.25) is 10.0 Å². The number of fused-ring (bicyclic) bond motifs is 4. The van der Waals surface area contributed by atoms with Crippen molar-refractivity contribution in [3.63, 3.8) is 0 Å². The fraction of sp³-hybridized carbons (Fsp3) is 0. The largest absolute Gasteiger partial charge is 0.507 e. The van der Waals surface area contributed by atoms with Crippen LogP contribution in [0.5, 0.6) is 34.5 Å². The van der Waals surface area contributed by atoms with E-state index in [9.17, 15) is 10.2 Å². The normalized spacial score (nSPS) is 12.8. The molecule has 2 heterocycles. The van der Waals surface area contributed by atoms with E-state index >= 15 is 0 Å². The molecule has 0 fully saturated rings. The summed E-state index contributed by atoms with van der Waals surface area (Å²) in [5, 5.41) is 21.1. The van der Waals surface area contributed by atoms with Crippen LogP contribution in [0, 0.1) is 0 Å². The van der Waals surface area contributed by atoms with Crippen molar-refractivity contribution < 1.29 is 19.7 Å². The van der Waals surface area contributed by atoms with E-state index in [1.165, 1.54) is 0 Å². The third-order valence-corrected chi connectivity index (χ3v) is 7.30. The number of nitrogens with zero attached hydrogens (tertiary/aromatic N) is 4. The summed E-state index contributed by atoms with van der Waals surface area (Å²) in [4.78, 5) is 18.3. The number of hydrogen-bond donors (Lipinski definition) is 2. The average molecular weight is 593 g/mol. The smallest absolute Gasteiger partial charge is 0.175 e. The van der Waals surface area contributed by atoms with Crippen molar-refractivity contribution in [2.24, 2.45) is 20.0 Å². The quantitative estimate of drug-likeness (QED) is 0.202. The molecule has 0 atom stereocenters. The minimum Gasteiger partial charge on any atom is -0.507 e. The highest BCUT2D eigenvalue weighted by atomic mass is 35.5.